The smallest absolute Gasteiger partial charge is 0.337 e. The molecule has 1 N–H and O–H groups in total. The summed E-state index contributed by atoms with van der Waals surface area (Å²) in [5, 5.41) is 3.59. The van der Waals surface area contributed by atoms with Crippen LogP contribution >= 0.6 is 0 Å². The molecule has 0 saturated heterocycles. The number of ether oxygens (including phenoxy) is 1. The summed E-state index contributed by atoms with van der Waals surface area (Å²) < 4.78 is 4.80. The highest BCUT2D eigenvalue weighted by atomic mass is 16.5. The van der Waals surface area contributed by atoms with Gasteiger partial charge in [0.1, 0.15) is 0 Å². The van der Waals surface area contributed by atoms with Crippen molar-refractivity contribution in [1.29, 1.82) is 0 Å². The van der Waals surface area contributed by atoms with Crippen LogP contribution in [-0.4, -0.2) is 13.1 Å². The van der Waals surface area contributed by atoms with E-state index in [1.165, 1.54) is 88.1 Å². The van der Waals surface area contributed by atoms with E-state index in [9.17, 15) is 4.79 Å². The zero-order chi connectivity index (χ0) is 20.1. The van der Waals surface area contributed by atoms with Crippen LogP contribution < -0.4 is 5.32 Å². The van der Waals surface area contributed by atoms with Crippen molar-refractivity contribution in [3.8, 4) is 0 Å². The average Bonchev–Trinajstić information content (AvgIpc) is 2.80. The van der Waals surface area contributed by atoms with Crippen molar-refractivity contribution in [3.63, 3.8) is 0 Å². The first kappa shape index (κ1) is 20.0. The molecule has 3 heteroatoms. The van der Waals surface area contributed by atoms with Gasteiger partial charge in [-0.15, -0.1) is 0 Å². The van der Waals surface area contributed by atoms with Crippen LogP contribution in [-0.2, 0) is 4.74 Å². The summed E-state index contributed by atoms with van der Waals surface area (Å²) in [5.41, 5.74) is 5.80. The van der Waals surface area contributed by atoms with Crippen LogP contribution in [0, 0.1) is 0 Å². The lowest BCUT2D eigenvalue weighted by atomic mass is 9.79. The van der Waals surface area contributed by atoms with Crippen molar-refractivity contribution in [2.24, 2.45) is 0 Å². The minimum Gasteiger partial charge on any atom is -0.465 e. The number of methoxy groups -OCH3 is 1. The van der Waals surface area contributed by atoms with E-state index in [4.69, 9.17) is 4.74 Å². The predicted octanol–water partition coefficient (Wildman–Crippen LogP) is 7.31. The molecule has 0 aromatic heterocycles. The first-order valence-electron chi connectivity index (χ1n) is 11.3. The lowest BCUT2D eigenvalue weighted by Crippen LogP contribution is -2.09. The van der Waals surface area contributed by atoms with Gasteiger partial charge in [0.05, 0.1) is 12.7 Å². The number of hydrogen-bond donors (Lipinski definition) is 1. The molecule has 2 saturated carbocycles. The van der Waals surface area contributed by atoms with E-state index in [1.807, 2.05) is 24.3 Å². The van der Waals surface area contributed by atoms with Crippen LogP contribution in [0.3, 0.4) is 0 Å². The Morgan fingerprint density at radius 3 is 1.76 bits per heavy atom. The van der Waals surface area contributed by atoms with Crippen molar-refractivity contribution in [3.05, 3.63) is 59.2 Å². The molecule has 0 unspecified atom stereocenters. The van der Waals surface area contributed by atoms with E-state index in [-0.39, 0.29) is 5.97 Å². The zero-order valence-corrected chi connectivity index (χ0v) is 17.6. The molecule has 0 aliphatic heterocycles. The molecular formula is C26H33NO2. The second-order valence-corrected chi connectivity index (χ2v) is 8.75. The van der Waals surface area contributed by atoms with Gasteiger partial charge in [-0.05, 0) is 85.0 Å². The maximum Gasteiger partial charge on any atom is 0.337 e. The average molecular weight is 392 g/mol. The normalized spacial score (nSPS) is 18.4. The number of carbonyl (C=O) groups is 1. The molecule has 3 nitrogen and oxygen atoms in total. The van der Waals surface area contributed by atoms with Gasteiger partial charge in [0.25, 0.3) is 0 Å². The topological polar surface area (TPSA) is 38.3 Å². The highest BCUT2D eigenvalue weighted by molar-refractivity contribution is 5.89. The highest BCUT2D eigenvalue weighted by Gasteiger charge is 2.21. The fourth-order valence-corrected chi connectivity index (χ4v) is 5.07. The number of anilines is 2. The minimum atomic E-state index is -0.296. The Morgan fingerprint density at radius 1 is 0.759 bits per heavy atom. The van der Waals surface area contributed by atoms with Gasteiger partial charge >= 0.3 is 5.97 Å². The first-order chi connectivity index (χ1) is 14.2. The van der Waals surface area contributed by atoms with Crippen LogP contribution in [0.25, 0.3) is 0 Å². The second-order valence-electron chi connectivity index (χ2n) is 8.75. The largest absolute Gasteiger partial charge is 0.465 e. The fraction of sp³-hybridized carbons (Fsp3) is 0.500. The molecular weight excluding hydrogens is 358 g/mol. The van der Waals surface area contributed by atoms with Crippen molar-refractivity contribution in [1.82, 2.24) is 0 Å². The Morgan fingerprint density at radius 2 is 1.28 bits per heavy atom. The van der Waals surface area contributed by atoms with Gasteiger partial charge in [0.2, 0.25) is 0 Å². The highest BCUT2D eigenvalue weighted by Crippen LogP contribution is 2.39. The maximum atomic E-state index is 11.7. The first-order valence-corrected chi connectivity index (χ1v) is 11.3. The van der Waals surface area contributed by atoms with Crippen molar-refractivity contribution >= 4 is 17.3 Å². The maximum absolute atomic E-state index is 11.7. The minimum absolute atomic E-state index is 0.296. The number of hydrogen-bond acceptors (Lipinski definition) is 3. The molecule has 154 valence electrons. The number of carbonyl (C=O) groups excluding carboxylic acids is 1. The van der Waals surface area contributed by atoms with E-state index in [1.54, 1.807) is 0 Å². The molecule has 0 atom stereocenters. The van der Waals surface area contributed by atoms with Gasteiger partial charge in [0, 0.05) is 11.4 Å². The number of nitrogens with one attached hydrogen (secondary N) is 1. The van der Waals surface area contributed by atoms with E-state index in [0.29, 0.717) is 17.4 Å². The quantitative estimate of drug-likeness (QED) is 0.543. The summed E-state index contributed by atoms with van der Waals surface area (Å²) in [7, 11) is 1.41. The van der Waals surface area contributed by atoms with Gasteiger partial charge in [-0.1, -0.05) is 44.6 Å². The Balaban J connectivity index is 1.59. The Hall–Kier alpha value is -2.29. The molecule has 2 fully saturated rings. The summed E-state index contributed by atoms with van der Waals surface area (Å²) in [4.78, 5) is 11.7. The lowest BCUT2D eigenvalue weighted by molar-refractivity contribution is 0.0601. The van der Waals surface area contributed by atoms with E-state index < -0.39 is 0 Å². The molecule has 2 aliphatic carbocycles. The fourth-order valence-electron chi connectivity index (χ4n) is 5.07. The number of esters is 1. The van der Waals surface area contributed by atoms with E-state index in [2.05, 4.69) is 23.5 Å². The van der Waals surface area contributed by atoms with Gasteiger partial charge < -0.3 is 10.1 Å². The zero-order valence-electron chi connectivity index (χ0n) is 17.6. The van der Waals surface area contributed by atoms with Gasteiger partial charge in [0.15, 0.2) is 0 Å². The summed E-state index contributed by atoms with van der Waals surface area (Å²) in [6.07, 6.45) is 13.5. The molecule has 4 rings (SSSR count). The number of rotatable bonds is 5. The lowest BCUT2D eigenvalue weighted by Gasteiger charge is -2.27. The summed E-state index contributed by atoms with van der Waals surface area (Å²) in [5.74, 6) is 1.11. The molecule has 2 aromatic rings. The summed E-state index contributed by atoms with van der Waals surface area (Å²) in [6, 6.07) is 14.8. The predicted molar refractivity (Wildman–Crippen MR) is 119 cm³/mol. The van der Waals surface area contributed by atoms with E-state index in [0.717, 1.165) is 5.69 Å². The van der Waals surface area contributed by atoms with Crippen molar-refractivity contribution in [2.45, 2.75) is 76.0 Å². The van der Waals surface area contributed by atoms with Crippen molar-refractivity contribution in [2.75, 3.05) is 12.4 Å². The third-order valence-corrected chi connectivity index (χ3v) is 6.73. The SMILES string of the molecule is COC(=O)c1ccc(Nc2cc(C3CCCCC3)cc(C3CCCCC3)c2)cc1. The summed E-state index contributed by atoms with van der Waals surface area (Å²) >= 11 is 0. The van der Waals surface area contributed by atoms with Crippen LogP contribution in [0.15, 0.2) is 42.5 Å². The molecule has 0 radical (unpaired) electrons. The molecule has 0 amide bonds. The third kappa shape index (κ3) is 5.01. The van der Waals surface area contributed by atoms with Crippen LogP contribution in [0.1, 0.15) is 97.5 Å². The van der Waals surface area contributed by atoms with Crippen LogP contribution in [0.2, 0.25) is 0 Å². The van der Waals surface area contributed by atoms with E-state index >= 15 is 0 Å². The second kappa shape index (κ2) is 9.47. The molecule has 0 heterocycles. The molecule has 2 aromatic carbocycles. The van der Waals surface area contributed by atoms with Gasteiger partial charge in [-0.25, -0.2) is 4.79 Å². The molecule has 29 heavy (non-hydrogen) atoms. The number of benzene rings is 2. The van der Waals surface area contributed by atoms with Gasteiger partial charge in [-0.3, -0.25) is 0 Å². The summed E-state index contributed by atoms with van der Waals surface area (Å²) in [6.45, 7) is 0. The molecule has 2 aliphatic rings. The monoisotopic (exact) mass is 391 g/mol. The van der Waals surface area contributed by atoms with Crippen molar-refractivity contribution < 1.29 is 9.53 Å². The van der Waals surface area contributed by atoms with Gasteiger partial charge in [-0.2, -0.15) is 0 Å². The Labute approximate surface area is 174 Å². The standard InChI is InChI=1S/C26H33NO2/c1-29-26(28)21-12-14-24(15-13-21)27-25-17-22(19-8-4-2-5-9-19)16-23(18-25)20-10-6-3-7-11-20/h12-20,27H,2-11H2,1H3. The Kier molecular flexibility index (Phi) is 6.53. The molecule has 0 bridgehead atoms. The Bertz CT molecular complexity index is 779. The molecule has 0 spiro atoms. The van der Waals surface area contributed by atoms with Crippen LogP contribution in [0.4, 0.5) is 11.4 Å². The van der Waals surface area contributed by atoms with Crippen LogP contribution in [0.5, 0.6) is 0 Å². The third-order valence-electron chi connectivity index (χ3n) is 6.73.